The zero-order valence-corrected chi connectivity index (χ0v) is 54.8. The highest BCUT2D eigenvalue weighted by atomic mass is 31.0. The molecular formula is C68H104O12P. The number of phenols is 4. The van der Waals surface area contributed by atoms with Crippen LogP contribution >= 0.6 is 9.90 Å². The molecule has 0 unspecified atom stereocenters. The van der Waals surface area contributed by atoms with Crippen LogP contribution in [0.25, 0.3) is 0 Å². The summed E-state index contributed by atoms with van der Waals surface area (Å²) in [6, 6.07) is 15.5. The Morgan fingerprint density at radius 2 is 0.358 bits per heavy atom. The van der Waals surface area contributed by atoms with E-state index in [4.69, 9.17) is 20.4 Å². The first-order chi connectivity index (χ1) is 35.7. The Labute approximate surface area is 490 Å². The lowest BCUT2D eigenvalue weighted by molar-refractivity contribution is -0.138. The first kappa shape index (κ1) is 75.4. The molecule has 4 rings (SSSR count). The van der Waals surface area contributed by atoms with Gasteiger partial charge in [0, 0.05) is 35.6 Å². The van der Waals surface area contributed by atoms with Crippen LogP contribution in [0.15, 0.2) is 48.5 Å². The second-order valence-corrected chi connectivity index (χ2v) is 29.7. The molecule has 0 aromatic heterocycles. The summed E-state index contributed by atoms with van der Waals surface area (Å²) in [6.45, 7) is 49.2. The third kappa shape index (κ3) is 24.4. The molecule has 0 saturated carbocycles. The lowest BCUT2D eigenvalue weighted by Gasteiger charge is -2.28. The van der Waals surface area contributed by atoms with Gasteiger partial charge in [0.15, 0.2) is 0 Å². The van der Waals surface area contributed by atoms with Crippen molar-refractivity contribution in [1.29, 1.82) is 0 Å². The number of benzene rings is 4. The quantitative estimate of drug-likeness (QED) is 0.0620. The summed E-state index contributed by atoms with van der Waals surface area (Å²) in [6.07, 6.45) is 2.39. The van der Waals surface area contributed by atoms with Crippen LogP contribution in [-0.2, 0) is 88.2 Å². The summed E-state index contributed by atoms with van der Waals surface area (Å²) in [5, 5.41) is 77.5. The highest BCUT2D eigenvalue weighted by molar-refractivity contribution is 6.92. The Kier molecular flexibility index (Phi) is 26.6. The highest BCUT2D eigenvalue weighted by Crippen LogP contribution is 2.44. The Morgan fingerprint density at radius 3 is 0.432 bits per heavy atom. The van der Waals surface area contributed by atoms with Gasteiger partial charge in [-0.15, -0.1) is 0 Å². The van der Waals surface area contributed by atoms with E-state index in [2.05, 4.69) is 166 Å². The molecule has 12 nitrogen and oxygen atoms in total. The number of phenolic OH excluding ortho intramolecular Hbond substituents is 4. The van der Waals surface area contributed by atoms with Crippen molar-refractivity contribution in [2.45, 2.75) is 261 Å². The van der Waals surface area contributed by atoms with Crippen molar-refractivity contribution in [3.8, 4) is 23.0 Å². The lowest BCUT2D eigenvalue weighted by Crippen LogP contribution is -2.18. The topological polar surface area (TPSA) is 230 Å². The van der Waals surface area contributed by atoms with Gasteiger partial charge in [0.05, 0.1) is 0 Å². The fourth-order valence-electron chi connectivity index (χ4n) is 8.93. The smallest absolute Gasteiger partial charge is 0.303 e. The maximum Gasteiger partial charge on any atom is 0.303 e. The van der Waals surface area contributed by atoms with E-state index in [1.165, 1.54) is 0 Å². The van der Waals surface area contributed by atoms with Gasteiger partial charge in [0.1, 0.15) is 23.0 Å². The highest BCUT2D eigenvalue weighted by Gasteiger charge is 2.31. The summed E-state index contributed by atoms with van der Waals surface area (Å²) in [5.41, 5.74) is 9.51. The number of hydrogen-bond acceptors (Lipinski definition) is 8. The van der Waals surface area contributed by atoms with Crippen molar-refractivity contribution < 1.29 is 60.0 Å². The summed E-state index contributed by atoms with van der Waals surface area (Å²) < 4.78 is 0. The van der Waals surface area contributed by atoms with Crippen molar-refractivity contribution in [2.75, 3.05) is 0 Å². The molecule has 453 valence electrons. The standard InChI is InChI=1S/4C17H26O3.P/c4*1-16(2,3)12-9-11(7-8-14(18)19)10-13(15(12)20)17(4,5)6;/h4*9-10,20H,7-8H2,1-6H3,(H,18,19);. The van der Waals surface area contributed by atoms with Crippen LogP contribution in [0.4, 0.5) is 0 Å². The molecule has 0 aliphatic rings. The monoisotopic (exact) mass is 1140 g/mol. The minimum atomic E-state index is -0.798. The van der Waals surface area contributed by atoms with Crippen molar-refractivity contribution >= 4 is 33.8 Å². The van der Waals surface area contributed by atoms with E-state index in [-0.39, 0.29) is 78.9 Å². The average Bonchev–Trinajstić information content (AvgIpc) is 3.24. The van der Waals surface area contributed by atoms with Crippen LogP contribution in [0.3, 0.4) is 0 Å². The molecule has 0 aliphatic heterocycles. The second kappa shape index (κ2) is 28.6. The molecule has 0 atom stereocenters. The van der Waals surface area contributed by atoms with Gasteiger partial charge in [-0.25, -0.2) is 0 Å². The fourth-order valence-corrected chi connectivity index (χ4v) is 8.93. The summed E-state index contributed by atoms with van der Waals surface area (Å²) in [4.78, 5) is 43.0. The molecule has 13 heteroatoms. The largest absolute Gasteiger partial charge is 0.507 e. The van der Waals surface area contributed by atoms with Gasteiger partial charge in [-0.2, -0.15) is 0 Å². The molecule has 0 spiro atoms. The van der Waals surface area contributed by atoms with E-state index in [0.29, 0.717) is 48.7 Å². The van der Waals surface area contributed by atoms with E-state index in [1.54, 1.807) is 0 Å². The van der Waals surface area contributed by atoms with Gasteiger partial charge in [0.2, 0.25) is 0 Å². The number of rotatable bonds is 12. The van der Waals surface area contributed by atoms with E-state index in [1.807, 2.05) is 48.5 Å². The van der Waals surface area contributed by atoms with Crippen LogP contribution in [0.1, 0.15) is 259 Å². The number of hydrogen-bond donors (Lipinski definition) is 8. The number of aryl methyl sites for hydroxylation is 4. The average molecular weight is 1140 g/mol. The molecule has 4 aromatic rings. The van der Waals surface area contributed by atoms with Gasteiger partial charge < -0.3 is 40.9 Å². The van der Waals surface area contributed by atoms with Crippen LogP contribution < -0.4 is 0 Å². The minimum Gasteiger partial charge on any atom is -0.507 e. The molecule has 0 bridgehead atoms. The molecule has 0 amide bonds. The Balaban J connectivity index is 0.00000105. The van der Waals surface area contributed by atoms with Crippen LogP contribution in [0.5, 0.6) is 23.0 Å². The predicted octanol–water partition coefficient (Wildman–Crippen LogP) is 16.9. The summed E-state index contributed by atoms with van der Waals surface area (Å²) in [5.74, 6) is -1.85. The third-order valence-corrected chi connectivity index (χ3v) is 13.7. The van der Waals surface area contributed by atoms with E-state index < -0.39 is 23.9 Å². The van der Waals surface area contributed by atoms with Gasteiger partial charge in [-0.1, -0.05) is 215 Å². The lowest BCUT2D eigenvalue weighted by atomic mass is 9.78. The van der Waals surface area contributed by atoms with Gasteiger partial charge >= 0.3 is 23.9 Å². The van der Waals surface area contributed by atoms with Gasteiger partial charge in [0.25, 0.3) is 0 Å². The molecular weight excluding hydrogens is 1040 g/mol. The zero-order valence-electron chi connectivity index (χ0n) is 53.9. The molecule has 0 aliphatic carbocycles. The molecule has 0 fully saturated rings. The molecule has 81 heavy (non-hydrogen) atoms. The molecule has 8 N–H and O–H groups in total. The molecule has 0 saturated heterocycles. The minimum absolute atomic E-state index is 0. The Morgan fingerprint density at radius 1 is 0.259 bits per heavy atom. The Hall–Kier alpha value is -5.61. The van der Waals surface area contributed by atoms with Crippen LogP contribution in [0, 0.1) is 0 Å². The number of carbonyl (C=O) groups is 4. The first-order valence-electron chi connectivity index (χ1n) is 28.1. The zero-order chi connectivity index (χ0) is 62.9. The van der Waals surface area contributed by atoms with E-state index in [0.717, 1.165) is 66.8 Å². The molecule has 0 heterocycles. The molecule has 4 aromatic carbocycles. The maximum absolute atomic E-state index is 10.8. The van der Waals surface area contributed by atoms with Crippen molar-refractivity contribution in [2.24, 2.45) is 0 Å². The van der Waals surface area contributed by atoms with Crippen molar-refractivity contribution in [3.05, 3.63) is 115 Å². The fraction of sp³-hybridized carbons (Fsp3) is 0.588. The SMILES string of the molecule is CC(C)(C)c1cc(CCC(=O)O)cc(C(C)(C)C)c1O.CC(C)(C)c1cc(CCC(=O)O)cc(C(C)(C)C)c1O.CC(C)(C)c1cc(CCC(=O)O)cc(C(C)(C)C)c1O.CC(C)(C)c1cc(CCC(=O)O)cc(C(C)(C)C)c1O.[P]. The first-order valence-corrected chi connectivity index (χ1v) is 28.1. The number of carboxylic acid groups (broad SMARTS) is 4. The number of aromatic hydroxyl groups is 4. The van der Waals surface area contributed by atoms with Gasteiger partial charge in [-0.3, -0.25) is 19.2 Å². The molecule has 3 radical (unpaired) electrons. The summed E-state index contributed by atoms with van der Waals surface area (Å²) in [7, 11) is 0. The van der Waals surface area contributed by atoms with Crippen molar-refractivity contribution in [1.82, 2.24) is 0 Å². The number of carboxylic acids is 4. The Bertz CT molecular complexity index is 2260. The summed E-state index contributed by atoms with van der Waals surface area (Å²) >= 11 is 0. The van der Waals surface area contributed by atoms with E-state index >= 15 is 0 Å². The normalized spacial score (nSPS) is 12.3. The van der Waals surface area contributed by atoms with Gasteiger partial charge in [-0.05, 0) is 136 Å². The van der Waals surface area contributed by atoms with Crippen LogP contribution in [-0.4, -0.2) is 64.7 Å². The van der Waals surface area contributed by atoms with Crippen LogP contribution in [0.2, 0.25) is 0 Å². The maximum atomic E-state index is 10.8. The number of aliphatic carboxylic acids is 4. The third-order valence-electron chi connectivity index (χ3n) is 13.7. The van der Waals surface area contributed by atoms with Crippen molar-refractivity contribution in [3.63, 3.8) is 0 Å². The van der Waals surface area contributed by atoms with E-state index in [9.17, 15) is 39.6 Å². The predicted molar refractivity (Wildman–Crippen MR) is 333 cm³/mol. The second-order valence-electron chi connectivity index (χ2n) is 29.7.